The van der Waals surface area contributed by atoms with Gasteiger partial charge in [-0.2, -0.15) is 0 Å². The summed E-state index contributed by atoms with van der Waals surface area (Å²) < 4.78 is 0. The molecular formula is C75H54. The number of aryl methyl sites for hydroxylation is 2. The third kappa shape index (κ3) is 8.51. The highest BCUT2D eigenvalue weighted by Gasteiger charge is 2.45. The van der Waals surface area contributed by atoms with Crippen LogP contribution in [0.5, 0.6) is 0 Å². The Kier molecular flexibility index (Phi) is 11.7. The van der Waals surface area contributed by atoms with Gasteiger partial charge in [-0.3, -0.25) is 0 Å². The first-order chi connectivity index (χ1) is 36.9. The molecule has 0 N–H and O–H groups in total. The van der Waals surface area contributed by atoms with E-state index in [0.717, 1.165) is 11.1 Å². The van der Waals surface area contributed by atoms with E-state index in [2.05, 4.69) is 305 Å². The van der Waals surface area contributed by atoms with Gasteiger partial charge in [-0.15, -0.1) is 0 Å². The van der Waals surface area contributed by atoms with Crippen LogP contribution < -0.4 is 0 Å². The van der Waals surface area contributed by atoms with Crippen molar-refractivity contribution in [3.63, 3.8) is 0 Å². The molecule has 1 aliphatic carbocycles. The predicted octanol–water partition coefficient (Wildman–Crippen LogP) is 19.5. The Balaban J connectivity index is 0.829. The summed E-state index contributed by atoms with van der Waals surface area (Å²) in [5.74, 6) is 0. The zero-order valence-corrected chi connectivity index (χ0v) is 42.2. The SMILES string of the molecule is Cc1ccc(/C(=C\c2ccc(-c3ccc(C4(c5ccc(-c6ccc(/C=C(\c7ccc(C)cc7)c7ccc8ccccc8c7)cc6)cc5)c5ccccc5-c5ccccc54)cc3)cc2)c2ccc3ccccc3c2)cc1. The fourth-order valence-corrected chi connectivity index (χ4v) is 11.6. The molecule has 12 aromatic rings. The summed E-state index contributed by atoms with van der Waals surface area (Å²) in [4.78, 5) is 0. The minimum absolute atomic E-state index is 0.502. The van der Waals surface area contributed by atoms with Gasteiger partial charge in [-0.05, 0) is 160 Å². The molecule has 0 heteroatoms. The highest BCUT2D eigenvalue weighted by Crippen LogP contribution is 2.56. The van der Waals surface area contributed by atoms with E-state index in [1.54, 1.807) is 0 Å². The van der Waals surface area contributed by atoms with E-state index >= 15 is 0 Å². The zero-order chi connectivity index (χ0) is 50.3. The summed E-state index contributed by atoms with van der Waals surface area (Å²) >= 11 is 0. The van der Waals surface area contributed by atoms with E-state index in [1.165, 1.54) is 122 Å². The van der Waals surface area contributed by atoms with Crippen molar-refractivity contribution < 1.29 is 0 Å². The molecule has 0 nitrogen and oxygen atoms in total. The normalized spacial score (nSPS) is 12.9. The van der Waals surface area contributed by atoms with Crippen molar-refractivity contribution >= 4 is 44.8 Å². The van der Waals surface area contributed by atoms with E-state index < -0.39 is 5.41 Å². The lowest BCUT2D eigenvalue weighted by Crippen LogP contribution is -2.28. The van der Waals surface area contributed by atoms with Gasteiger partial charge in [0.2, 0.25) is 0 Å². The molecule has 1 aliphatic rings. The maximum absolute atomic E-state index is 2.36. The van der Waals surface area contributed by atoms with E-state index in [4.69, 9.17) is 0 Å². The van der Waals surface area contributed by atoms with Gasteiger partial charge in [-0.1, -0.05) is 278 Å². The summed E-state index contributed by atoms with van der Waals surface area (Å²) in [6.07, 6.45) is 4.66. The third-order valence-corrected chi connectivity index (χ3v) is 15.5. The van der Waals surface area contributed by atoms with E-state index in [-0.39, 0.29) is 0 Å². The maximum Gasteiger partial charge on any atom is 0.0713 e. The molecular weight excluding hydrogens is 901 g/mol. The molecule has 0 atom stereocenters. The minimum Gasteiger partial charge on any atom is -0.0619 e. The first-order valence-corrected chi connectivity index (χ1v) is 26.1. The Morgan fingerprint density at radius 1 is 0.280 bits per heavy atom. The molecule has 0 saturated carbocycles. The Hall–Kier alpha value is -9.36. The van der Waals surface area contributed by atoms with Crippen LogP contribution in [0.1, 0.15) is 66.8 Å². The molecule has 0 unspecified atom stereocenters. The molecule has 0 amide bonds. The van der Waals surface area contributed by atoms with Crippen LogP contribution in [0.3, 0.4) is 0 Å². The second-order valence-electron chi connectivity index (χ2n) is 20.2. The van der Waals surface area contributed by atoms with Gasteiger partial charge in [0.05, 0.1) is 5.41 Å². The van der Waals surface area contributed by atoms with Crippen molar-refractivity contribution in [1.29, 1.82) is 0 Å². The molecule has 75 heavy (non-hydrogen) atoms. The lowest BCUT2D eigenvalue weighted by molar-refractivity contribution is 0.769. The predicted molar refractivity (Wildman–Crippen MR) is 319 cm³/mol. The average Bonchev–Trinajstić information content (AvgIpc) is 3.78. The van der Waals surface area contributed by atoms with Crippen LogP contribution in [0.15, 0.2) is 279 Å². The monoisotopic (exact) mass is 954 g/mol. The summed E-state index contributed by atoms with van der Waals surface area (Å²) in [6, 6.07) is 103. The van der Waals surface area contributed by atoms with Crippen LogP contribution in [-0.4, -0.2) is 0 Å². The topological polar surface area (TPSA) is 0 Å². The molecule has 0 spiro atoms. The van der Waals surface area contributed by atoms with Gasteiger partial charge in [0.15, 0.2) is 0 Å². The van der Waals surface area contributed by atoms with Gasteiger partial charge < -0.3 is 0 Å². The number of hydrogen-bond acceptors (Lipinski definition) is 0. The molecule has 0 heterocycles. The number of fused-ring (bicyclic) bond motifs is 5. The van der Waals surface area contributed by atoms with E-state index in [0.29, 0.717) is 0 Å². The third-order valence-electron chi connectivity index (χ3n) is 15.5. The standard InChI is InChI=1S/C75H54/c1-51-19-27-61(28-20-51)71(65-37-35-55-11-3-5-13-63(55)49-65)47-53-23-31-57(32-24-53)59-39-43-67(44-40-59)75(73-17-9-7-15-69(73)70-16-8-10-18-74(70)75)68-45-41-60(42-46-68)58-33-25-54(26-34-58)48-72(62-29-21-52(2)22-30-62)66-38-36-56-12-4-6-14-64(56)50-66/h3-50H,1-2H3/b71-47+,72-48+. The maximum atomic E-state index is 2.36. The van der Waals surface area contributed by atoms with Crippen molar-refractivity contribution in [2.75, 3.05) is 0 Å². The first kappa shape index (κ1) is 45.5. The highest BCUT2D eigenvalue weighted by atomic mass is 14.5. The van der Waals surface area contributed by atoms with Gasteiger partial charge in [0.25, 0.3) is 0 Å². The largest absolute Gasteiger partial charge is 0.0713 e. The average molecular weight is 955 g/mol. The lowest BCUT2D eigenvalue weighted by atomic mass is 9.67. The molecule has 0 bridgehead atoms. The van der Waals surface area contributed by atoms with Crippen LogP contribution in [0, 0.1) is 13.8 Å². The van der Waals surface area contributed by atoms with E-state index in [9.17, 15) is 0 Å². The number of rotatable bonds is 10. The van der Waals surface area contributed by atoms with Crippen LogP contribution in [-0.2, 0) is 5.41 Å². The zero-order valence-electron chi connectivity index (χ0n) is 42.2. The summed E-state index contributed by atoms with van der Waals surface area (Å²) in [7, 11) is 0. The summed E-state index contributed by atoms with van der Waals surface area (Å²) in [6.45, 7) is 4.29. The molecule has 0 radical (unpaired) electrons. The molecule has 0 aromatic heterocycles. The van der Waals surface area contributed by atoms with Crippen LogP contribution >= 0.6 is 0 Å². The van der Waals surface area contributed by atoms with Gasteiger partial charge in [-0.25, -0.2) is 0 Å². The van der Waals surface area contributed by atoms with Gasteiger partial charge in [0.1, 0.15) is 0 Å². The second-order valence-corrected chi connectivity index (χ2v) is 20.2. The molecule has 12 aromatic carbocycles. The highest BCUT2D eigenvalue weighted by molar-refractivity contribution is 5.97. The van der Waals surface area contributed by atoms with Crippen molar-refractivity contribution in [1.82, 2.24) is 0 Å². The molecule has 0 aliphatic heterocycles. The Morgan fingerprint density at radius 2 is 0.600 bits per heavy atom. The Morgan fingerprint density at radius 3 is 0.987 bits per heavy atom. The lowest BCUT2D eigenvalue weighted by Gasteiger charge is -2.34. The van der Waals surface area contributed by atoms with Crippen molar-refractivity contribution in [3.05, 3.63) is 346 Å². The second kappa shape index (κ2) is 19.2. The molecule has 354 valence electrons. The molecule has 0 fully saturated rings. The molecule has 13 rings (SSSR count). The minimum atomic E-state index is -0.502. The quantitative estimate of drug-likeness (QED) is 0.120. The number of benzene rings is 12. The van der Waals surface area contributed by atoms with Crippen LogP contribution in [0.4, 0.5) is 0 Å². The van der Waals surface area contributed by atoms with Crippen LogP contribution in [0.25, 0.3) is 78.2 Å². The first-order valence-electron chi connectivity index (χ1n) is 26.1. The van der Waals surface area contributed by atoms with Crippen molar-refractivity contribution in [2.45, 2.75) is 19.3 Å². The summed E-state index contributed by atoms with van der Waals surface area (Å²) in [5.41, 5.74) is 24.0. The van der Waals surface area contributed by atoms with Gasteiger partial charge >= 0.3 is 0 Å². The van der Waals surface area contributed by atoms with E-state index in [1.807, 2.05) is 0 Å². The fraction of sp³-hybridized carbons (Fsp3) is 0.0400. The smallest absolute Gasteiger partial charge is 0.0619 e. The van der Waals surface area contributed by atoms with Crippen LogP contribution in [0.2, 0.25) is 0 Å². The number of hydrogen-bond donors (Lipinski definition) is 0. The van der Waals surface area contributed by atoms with Gasteiger partial charge in [0, 0.05) is 0 Å². The van der Waals surface area contributed by atoms with Crippen molar-refractivity contribution in [2.24, 2.45) is 0 Å². The Labute approximate surface area is 440 Å². The Bertz CT molecular complexity index is 3840. The summed E-state index contributed by atoms with van der Waals surface area (Å²) in [5, 5.41) is 4.98. The van der Waals surface area contributed by atoms with Crippen molar-refractivity contribution in [3.8, 4) is 33.4 Å². The fourth-order valence-electron chi connectivity index (χ4n) is 11.6. The molecule has 0 saturated heterocycles.